The number of rotatable bonds is 2. The molecule has 1 aromatic heterocycles. The second kappa shape index (κ2) is 3.29. The van der Waals surface area contributed by atoms with Gasteiger partial charge in [-0.05, 0) is 0 Å². The molecule has 3 aliphatic heterocycles. The molecule has 4 unspecified atom stereocenters. The van der Waals surface area contributed by atoms with Gasteiger partial charge in [-0.1, -0.05) is 12.2 Å². The number of nitrogens with zero attached hydrogens (tertiary/aromatic N) is 2. The lowest BCUT2D eigenvalue weighted by Gasteiger charge is -2.16. The SMILES string of the molecule is O=C1C2C3C=CC(O3)C2C(=O)N1Cc1cnc[nH]1. The minimum atomic E-state index is -0.324. The zero-order valence-electron chi connectivity index (χ0n) is 9.45. The highest BCUT2D eigenvalue weighted by Crippen LogP contribution is 2.45. The maximum absolute atomic E-state index is 12.3. The molecular formula is C12H11N3O3. The fourth-order valence-corrected chi connectivity index (χ4v) is 3.06. The zero-order valence-corrected chi connectivity index (χ0v) is 9.45. The van der Waals surface area contributed by atoms with Crippen molar-refractivity contribution >= 4 is 11.8 Å². The first-order valence-corrected chi connectivity index (χ1v) is 5.92. The Morgan fingerprint density at radius 3 is 2.44 bits per heavy atom. The molecule has 4 rings (SSSR count). The Kier molecular flexibility index (Phi) is 1.83. The molecule has 0 aromatic carbocycles. The van der Waals surface area contributed by atoms with Gasteiger partial charge in [0.2, 0.25) is 11.8 Å². The lowest BCUT2D eigenvalue weighted by Crippen LogP contribution is -2.34. The zero-order chi connectivity index (χ0) is 12.3. The highest BCUT2D eigenvalue weighted by molar-refractivity contribution is 6.06. The summed E-state index contributed by atoms with van der Waals surface area (Å²) < 4.78 is 5.56. The fraction of sp³-hybridized carbons (Fsp3) is 0.417. The molecule has 92 valence electrons. The van der Waals surface area contributed by atoms with E-state index >= 15 is 0 Å². The summed E-state index contributed by atoms with van der Waals surface area (Å²) in [6.07, 6.45) is 6.49. The number of ether oxygens (including phenoxy) is 1. The van der Waals surface area contributed by atoms with Gasteiger partial charge in [0, 0.05) is 6.20 Å². The van der Waals surface area contributed by atoms with Crippen LogP contribution in [-0.2, 0) is 20.9 Å². The average Bonchev–Trinajstić information content (AvgIpc) is 3.10. The van der Waals surface area contributed by atoms with Crippen molar-refractivity contribution < 1.29 is 14.3 Å². The van der Waals surface area contributed by atoms with Crippen molar-refractivity contribution in [2.45, 2.75) is 18.8 Å². The smallest absolute Gasteiger partial charge is 0.236 e. The topological polar surface area (TPSA) is 75.3 Å². The highest BCUT2D eigenvalue weighted by atomic mass is 16.5. The number of carbonyl (C=O) groups excluding carboxylic acids is 2. The number of hydrogen-bond donors (Lipinski definition) is 1. The molecule has 0 saturated carbocycles. The minimum absolute atomic E-state index is 0.128. The maximum Gasteiger partial charge on any atom is 0.236 e. The molecule has 0 aliphatic carbocycles. The van der Waals surface area contributed by atoms with E-state index < -0.39 is 0 Å². The number of imidazole rings is 1. The van der Waals surface area contributed by atoms with Crippen LogP contribution in [0.15, 0.2) is 24.7 Å². The molecule has 2 amide bonds. The summed E-state index contributed by atoms with van der Waals surface area (Å²) in [7, 11) is 0. The second-order valence-electron chi connectivity index (χ2n) is 4.84. The number of aromatic nitrogens is 2. The van der Waals surface area contributed by atoms with Crippen LogP contribution in [0.2, 0.25) is 0 Å². The Morgan fingerprint density at radius 2 is 1.89 bits per heavy atom. The van der Waals surface area contributed by atoms with Crippen molar-refractivity contribution in [3.8, 4) is 0 Å². The number of carbonyl (C=O) groups is 2. The molecule has 4 atom stereocenters. The van der Waals surface area contributed by atoms with Gasteiger partial charge in [-0.15, -0.1) is 0 Å². The first-order chi connectivity index (χ1) is 8.75. The van der Waals surface area contributed by atoms with Crippen molar-refractivity contribution in [3.05, 3.63) is 30.4 Å². The van der Waals surface area contributed by atoms with Crippen LogP contribution in [0.5, 0.6) is 0 Å². The van der Waals surface area contributed by atoms with E-state index in [1.165, 1.54) is 11.2 Å². The van der Waals surface area contributed by atoms with Crippen molar-refractivity contribution in [2.24, 2.45) is 11.8 Å². The summed E-state index contributed by atoms with van der Waals surface area (Å²) in [6.45, 7) is 0.268. The molecule has 3 aliphatic rings. The summed E-state index contributed by atoms with van der Waals surface area (Å²) in [5.74, 6) is -0.904. The van der Waals surface area contributed by atoms with Gasteiger partial charge in [0.25, 0.3) is 0 Å². The van der Waals surface area contributed by atoms with Gasteiger partial charge in [-0.25, -0.2) is 4.98 Å². The van der Waals surface area contributed by atoms with Crippen LogP contribution < -0.4 is 0 Å². The standard InChI is InChI=1S/C12H11N3O3/c16-11-9-7-1-2-8(18-7)10(9)12(17)15(11)4-6-3-13-5-14-6/h1-3,5,7-10H,4H2,(H,13,14). The quantitative estimate of drug-likeness (QED) is 0.580. The van der Waals surface area contributed by atoms with Crippen molar-refractivity contribution in [3.63, 3.8) is 0 Å². The number of fused-ring (bicyclic) bond motifs is 5. The first-order valence-electron chi connectivity index (χ1n) is 5.92. The van der Waals surface area contributed by atoms with Crippen LogP contribution in [-0.4, -0.2) is 38.9 Å². The summed E-state index contributed by atoms with van der Waals surface area (Å²) in [5.41, 5.74) is 0.762. The number of likely N-dealkylation sites (tertiary alicyclic amines) is 1. The Labute approximate surface area is 103 Å². The Bertz CT molecular complexity index is 521. The molecule has 2 saturated heterocycles. The molecule has 0 spiro atoms. The molecule has 1 aromatic rings. The van der Waals surface area contributed by atoms with E-state index in [0.717, 1.165) is 5.69 Å². The van der Waals surface area contributed by atoms with Gasteiger partial charge in [-0.2, -0.15) is 0 Å². The number of imide groups is 1. The monoisotopic (exact) mass is 245 g/mol. The van der Waals surface area contributed by atoms with Gasteiger partial charge in [0.1, 0.15) is 0 Å². The van der Waals surface area contributed by atoms with E-state index in [-0.39, 0.29) is 42.4 Å². The fourth-order valence-electron chi connectivity index (χ4n) is 3.06. The van der Waals surface area contributed by atoms with Gasteiger partial charge < -0.3 is 9.72 Å². The molecular weight excluding hydrogens is 234 g/mol. The third kappa shape index (κ3) is 1.13. The highest BCUT2D eigenvalue weighted by Gasteiger charge is 2.60. The summed E-state index contributed by atoms with van der Waals surface area (Å²) in [5, 5.41) is 0. The van der Waals surface area contributed by atoms with E-state index in [1.807, 2.05) is 12.2 Å². The van der Waals surface area contributed by atoms with Crippen LogP contribution >= 0.6 is 0 Å². The molecule has 6 nitrogen and oxygen atoms in total. The number of nitrogens with one attached hydrogen (secondary N) is 1. The van der Waals surface area contributed by atoms with Crippen molar-refractivity contribution in [1.29, 1.82) is 0 Å². The van der Waals surface area contributed by atoms with E-state index in [9.17, 15) is 9.59 Å². The molecule has 2 fully saturated rings. The predicted octanol–water partition coefficient (Wildman–Crippen LogP) is -0.152. The van der Waals surface area contributed by atoms with Crippen LogP contribution in [0, 0.1) is 11.8 Å². The van der Waals surface area contributed by atoms with Crippen LogP contribution in [0.4, 0.5) is 0 Å². The molecule has 1 N–H and O–H groups in total. The van der Waals surface area contributed by atoms with Gasteiger partial charge in [0.05, 0.1) is 42.6 Å². The largest absolute Gasteiger partial charge is 0.365 e. The van der Waals surface area contributed by atoms with E-state index in [4.69, 9.17) is 4.74 Å². The first kappa shape index (κ1) is 10.0. The normalized spacial score (nSPS) is 36.8. The molecule has 18 heavy (non-hydrogen) atoms. The van der Waals surface area contributed by atoms with Gasteiger partial charge >= 0.3 is 0 Å². The second-order valence-corrected chi connectivity index (χ2v) is 4.84. The van der Waals surface area contributed by atoms with E-state index in [2.05, 4.69) is 9.97 Å². The Morgan fingerprint density at radius 1 is 1.22 bits per heavy atom. The molecule has 4 heterocycles. The maximum atomic E-state index is 12.3. The van der Waals surface area contributed by atoms with Gasteiger partial charge in [-0.3, -0.25) is 14.5 Å². The van der Waals surface area contributed by atoms with E-state index in [0.29, 0.717) is 0 Å². The lowest BCUT2D eigenvalue weighted by molar-refractivity contribution is -0.143. The summed E-state index contributed by atoms with van der Waals surface area (Å²) in [4.78, 5) is 32.7. The van der Waals surface area contributed by atoms with E-state index in [1.54, 1.807) is 6.20 Å². The Balaban J connectivity index is 1.64. The lowest BCUT2D eigenvalue weighted by atomic mass is 9.85. The van der Waals surface area contributed by atoms with Crippen molar-refractivity contribution in [2.75, 3.05) is 0 Å². The Hall–Kier alpha value is -1.95. The summed E-state index contributed by atoms with van der Waals surface area (Å²) in [6, 6.07) is 0. The molecule has 2 bridgehead atoms. The third-order valence-electron chi connectivity index (χ3n) is 3.89. The third-order valence-corrected chi connectivity index (χ3v) is 3.89. The van der Waals surface area contributed by atoms with Crippen LogP contribution in [0.3, 0.4) is 0 Å². The van der Waals surface area contributed by atoms with Gasteiger partial charge in [0.15, 0.2) is 0 Å². The predicted molar refractivity (Wildman–Crippen MR) is 58.9 cm³/mol. The number of aromatic amines is 1. The number of hydrogen-bond acceptors (Lipinski definition) is 4. The molecule has 0 radical (unpaired) electrons. The average molecular weight is 245 g/mol. The van der Waals surface area contributed by atoms with Crippen LogP contribution in [0.1, 0.15) is 5.69 Å². The molecule has 6 heteroatoms. The number of amides is 2. The minimum Gasteiger partial charge on any atom is -0.365 e. The van der Waals surface area contributed by atoms with Crippen molar-refractivity contribution in [1.82, 2.24) is 14.9 Å². The van der Waals surface area contributed by atoms with Crippen LogP contribution in [0.25, 0.3) is 0 Å². The number of H-pyrrole nitrogens is 1. The summed E-state index contributed by atoms with van der Waals surface area (Å²) >= 11 is 0.